The fourth-order valence-corrected chi connectivity index (χ4v) is 6.12. The molecule has 14 N–H and O–H groups in total. The van der Waals surface area contributed by atoms with Crippen molar-refractivity contribution in [3.8, 4) is 0 Å². The number of nitrogens with zero attached hydrogens (tertiary/aromatic N) is 3. The van der Waals surface area contributed by atoms with Gasteiger partial charge in [-0.15, -0.1) is 0 Å². The lowest BCUT2D eigenvalue weighted by atomic mass is 10.0. The van der Waals surface area contributed by atoms with Crippen molar-refractivity contribution in [2.75, 3.05) is 31.9 Å². The van der Waals surface area contributed by atoms with Crippen LogP contribution < -0.4 is 44.6 Å². The molecule has 0 bridgehead atoms. The van der Waals surface area contributed by atoms with Gasteiger partial charge in [0.25, 0.3) is 0 Å². The predicted octanol–water partition coefficient (Wildman–Crippen LogP) is -3.79. The molecular formula is C30H53N11O8S. The number of rotatable bonds is 21. The topological polar surface area (TPSA) is 325 Å². The molecule has 2 saturated heterocycles. The fourth-order valence-electron chi connectivity index (χ4n) is 5.95. The van der Waals surface area contributed by atoms with E-state index in [9.17, 15) is 38.7 Å². The van der Waals surface area contributed by atoms with Crippen molar-refractivity contribution in [2.45, 2.75) is 107 Å². The maximum absolute atomic E-state index is 14.0. The molecule has 282 valence electrons. The minimum absolute atomic E-state index is 0.000933. The third kappa shape index (κ3) is 12.9. The minimum Gasteiger partial charge on any atom is -0.480 e. The summed E-state index contributed by atoms with van der Waals surface area (Å²) in [6.07, 6.45) is 2.82. The highest BCUT2D eigenvalue weighted by molar-refractivity contribution is 7.80. The lowest BCUT2D eigenvalue weighted by molar-refractivity contribution is -0.149. The number of unbranched alkanes of at least 4 members (excludes halogenated alkanes) is 1. The highest BCUT2D eigenvalue weighted by Crippen LogP contribution is 2.26. The molecule has 0 aromatic carbocycles. The number of primary amides is 1. The second-order valence-electron chi connectivity index (χ2n) is 12.4. The summed E-state index contributed by atoms with van der Waals surface area (Å²) in [5.74, 6) is -5.07. The molecule has 2 fully saturated rings. The smallest absolute Gasteiger partial charge is 0.326 e. The largest absolute Gasteiger partial charge is 0.480 e. The molecule has 6 amide bonds. The summed E-state index contributed by atoms with van der Waals surface area (Å²) < 4.78 is 0. The summed E-state index contributed by atoms with van der Waals surface area (Å²) >= 11 is 4.00. The average molecular weight is 728 g/mol. The molecule has 0 aromatic heterocycles. The molecule has 0 saturated carbocycles. The molecule has 2 rings (SSSR count). The SMILES string of the molecule is NCCCC[C@H](NC(=O)[C@H](CCC(N)=O)NC(=O)[C@@H](N)CS)C(=O)N1CCC[C@H]1C(=O)N1CCC[C@H]1C(=O)N[C@@H](CCCN=C(N)N)C(=O)O. The van der Waals surface area contributed by atoms with E-state index in [2.05, 4.69) is 33.6 Å². The second kappa shape index (κ2) is 21.1. The quantitative estimate of drug-likeness (QED) is 0.0236. The number of carbonyl (C=O) groups is 7. The Morgan fingerprint density at radius 1 is 0.800 bits per heavy atom. The van der Waals surface area contributed by atoms with Crippen LogP contribution in [-0.2, 0) is 33.6 Å². The van der Waals surface area contributed by atoms with Crippen molar-refractivity contribution in [3.63, 3.8) is 0 Å². The van der Waals surface area contributed by atoms with E-state index in [0.717, 1.165) is 0 Å². The summed E-state index contributed by atoms with van der Waals surface area (Å²) in [5, 5.41) is 17.4. The van der Waals surface area contributed by atoms with Crippen LogP contribution >= 0.6 is 12.6 Å². The van der Waals surface area contributed by atoms with E-state index in [1.54, 1.807) is 0 Å². The van der Waals surface area contributed by atoms with E-state index in [0.29, 0.717) is 51.5 Å². The molecule has 0 aliphatic carbocycles. The molecular weight excluding hydrogens is 674 g/mol. The number of nitrogens with one attached hydrogen (secondary N) is 3. The Labute approximate surface area is 296 Å². The Morgan fingerprint density at radius 3 is 2.02 bits per heavy atom. The van der Waals surface area contributed by atoms with Gasteiger partial charge in [0.15, 0.2) is 5.96 Å². The molecule has 19 nitrogen and oxygen atoms in total. The maximum atomic E-state index is 14.0. The number of thiol groups is 1. The first kappa shape index (κ1) is 42.0. The van der Waals surface area contributed by atoms with Gasteiger partial charge in [0.05, 0.1) is 6.04 Å². The van der Waals surface area contributed by atoms with E-state index in [1.165, 1.54) is 9.80 Å². The van der Waals surface area contributed by atoms with Crippen molar-refractivity contribution in [3.05, 3.63) is 0 Å². The zero-order valence-electron chi connectivity index (χ0n) is 28.3. The summed E-state index contributed by atoms with van der Waals surface area (Å²) in [4.78, 5) is 97.1. The summed E-state index contributed by atoms with van der Waals surface area (Å²) in [6.45, 7) is 0.987. The van der Waals surface area contributed by atoms with Crippen LogP contribution in [0.3, 0.4) is 0 Å². The molecule has 0 radical (unpaired) electrons. The molecule has 2 aliphatic rings. The number of carboxylic acids is 1. The third-order valence-electron chi connectivity index (χ3n) is 8.63. The zero-order valence-corrected chi connectivity index (χ0v) is 29.2. The summed E-state index contributed by atoms with van der Waals surface area (Å²) in [5.41, 5.74) is 27.3. The van der Waals surface area contributed by atoms with Crippen molar-refractivity contribution in [1.29, 1.82) is 0 Å². The van der Waals surface area contributed by atoms with Crippen LogP contribution in [0.25, 0.3) is 0 Å². The first-order chi connectivity index (χ1) is 23.7. The highest BCUT2D eigenvalue weighted by Gasteiger charge is 2.44. The van der Waals surface area contributed by atoms with E-state index < -0.39 is 77.7 Å². The van der Waals surface area contributed by atoms with E-state index >= 15 is 0 Å². The first-order valence-electron chi connectivity index (χ1n) is 16.9. The van der Waals surface area contributed by atoms with E-state index in [-0.39, 0.29) is 57.0 Å². The number of hydrogen-bond acceptors (Lipinski definition) is 11. The van der Waals surface area contributed by atoms with Gasteiger partial charge >= 0.3 is 5.97 Å². The van der Waals surface area contributed by atoms with Crippen LogP contribution in [0.2, 0.25) is 0 Å². The summed E-state index contributed by atoms with van der Waals surface area (Å²) in [6, 6.07) is -6.42. The molecule has 0 aromatic rings. The van der Waals surface area contributed by atoms with Gasteiger partial charge in [-0.3, -0.25) is 33.8 Å². The fraction of sp³-hybridized carbons (Fsp3) is 0.733. The number of carbonyl (C=O) groups excluding carboxylic acids is 6. The van der Waals surface area contributed by atoms with Crippen LogP contribution in [0.15, 0.2) is 4.99 Å². The van der Waals surface area contributed by atoms with Crippen LogP contribution in [0.5, 0.6) is 0 Å². The normalized spacial score (nSPS) is 19.5. The first-order valence-corrected chi connectivity index (χ1v) is 17.5. The van der Waals surface area contributed by atoms with Crippen LogP contribution in [0.1, 0.15) is 70.6 Å². The Kier molecular flexibility index (Phi) is 17.8. The van der Waals surface area contributed by atoms with Gasteiger partial charge in [0, 0.05) is 31.8 Å². The minimum atomic E-state index is -1.24. The number of likely N-dealkylation sites (tertiary alicyclic amines) is 2. The van der Waals surface area contributed by atoms with E-state index in [4.69, 9.17) is 28.7 Å². The highest BCUT2D eigenvalue weighted by atomic mass is 32.1. The van der Waals surface area contributed by atoms with Crippen LogP contribution in [0, 0.1) is 0 Å². The second-order valence-corrected chi connectivity index (χ2v) is 12.8. The Hall–Kier alpha value is -4.17. The molecule has 20 heteroatoms. The number of guanidine groups is 1. The van der Waals surface area contributed by atoms with Gasteiger partial charge in [-0.1, -0.05) is 0 Å². The van der Waals surface area contributed by atoms with Gasteiger partial charge in [0.2, 0.25) is 35.4 Å². The van der Waals surface area contributed by atoms with Crippen molar-refractivity contribution < 1.29 is 38.7 Å². The Bertz CT molecular complexity index is 1250. The zero-order chi connectivity index (χ0) is 37.4. The number of amides is 6. The monoisotopic (exact) mass is 727 g/mol. The van der Waals surface area contributed by atoms with Crippen LogP contribution in [-0.4, -0.2) is 130 Å². The molecule has 0 spiro atoms. The molecule has 0 unspecified atom stereocenters. The molecule has 6 atom stereocenters. The van der Waals surface area contributed by atoms with Gasteiger partial charge in [-0.05, 0) is 70.8 Å². The average Bonchev–Trinajstić information content (AvgIpc) is 3.77. The van der Waals surface area contributed by atoms with Gasteiger partial charge in [0.1, 0.15) is 30.2 Å². The third-order valence-corrected chi connectivity index (χ3v) is 9.02. The molecule has 50 heavy (non-hydrogen) atoms. The maximum Gasteiger partial charge on any atom is 0.326 e. The number of hydrogen-bond donors (Lipinski definition) is 10. The van der Waals surface area contributed by atoms with Crippen LogP contribution in [0.4, 0.5) is 0 Å². The van der Waals surface area contributed by atoms with Gasteiger partial charge in [-0.2, -0.15) is 12.6 Å². The lowest BCUT2D eigenvalue weighted by Crippen LogP contribution is -2.59. The van der Waals surface area contributed by atoms with Crippen molar-refractivity contribution in [1.82, 2.24) is 25.8 Å². The number of carboxylic acid groups (broad SMARTS) is 1. The number of aliphatic imine (C=N–C) groups is 1. The Morgan fingerprint density at radius 2 is 1.42 bits per heavy atom. The molecule has 2 aliphatic heterocycles. The standard InChI is InChI=1S/C30H53N11O8S/c31-12-2-1-6-19(38-25(44)18(10-11-23(33)42)37-24(43)17(32)16-50)27(46)41-15-5-9-22(41)28(47)40-14-4-8-21(40)26(45)39-20(29(48)49)7-3-13-36-30(34)35/h17-22,50H,1-16,31-32H2,(H2,33,42)(H,37,43)(H,38,44)(H,39,45)(H,48,49)(H4,34,35,36)/t17-,18-,19-,20-,21-,22-/m0/s1. The van der Waals surface area contributed by atoms with Crippen molar-refractivity contribution >= 4 is 60.0 Å². The number of nitrogens with two attached hydrogens (primary N) is 5. The molecule has 2 heterocycles. The Balaban J connectivity index is 2.21. The van der Waals surface area contributed by atoms with Gasteiger partial charge in [-0.25, -0.2) is 4.79 Å². The number of aliphatic carboxylic acids is 1. The lowest BCUT2D eigenvalue weighted by Gasteiger charge is -2.33. The van der Waals surface area contributed by atoms with Crippen molar-refractivity contribution in [2.24, 2.45) is 33.7 Å². The summed E-state index contributed by atoms with van der Waals surface area (Å²) in [7, 11) is 0. The van der Waals surface area contributed by atoms with Gasteiger partial charge < -0.3 is 59.5 Å². The van der Waals surface area contributed by atoms with E-state index in [1.807, 2.05) is 0 Å². The predicted molar refractivity (Wildman–Crippen MR) is 186 cm³/mol.